The Morgan fingerprint density at radius 1 is 1.46 bits per heavy atom. The fraction of sp³-hybridized carbons (Fsp3) is 0.273. The molecule has 0 aliphatic heterocycles. The minimum Gasteiger partial charge on any atom is -0.374 e. The van der Waals surface area contributed by atoms with Crippen LogP contribution in [-0.4, -0.2) is 6.54 Å². The summed E-state index contributed by atoms with van der Waals surface area (Å²) < 4.78 is 12.8. The van der Waals surface area contributed by atoms with Gasteiger partial charge in [-0.05, 0) is 37.6 Å². The molecule has 0 atom stereocenters. The van der Waals surface area contributed by atoms with E-state index < -0.39 is 0 Å². The molecule has 1 nitrogen and oxygen atoms in total. The lowest BCUT2D eigenvalue weighted by atomic mass is 10.2. The van der Waals surface area contributed by atoms with Crippen molar-refractivity contribution in [1.82, 2.24) is 0 Å². The molecule has 1 aromatic rings. The summed E-state index contributed by atoms with van der Waals surface area (Å²) in [4.78, 5) is 0. The molecule has 0 saturated carbocycles. The van der Waals surface area contributed by atoms with Gasteiger partial charge in [0.25, 0.3) is 0 Å². The molecule has 0 unspecified atom stereocenters. The van der Waals surface area contributed by atoms with Crippen LogP contribution < -0.4 is 5.32 Å². The summed E-state index contributed by atoms with van der Waals surface area (Å²) >= 11 is 0. The highest BCUT2D eigenvalue weighted by Gasteiger charge is 1.96. The molecule has 1 aromatic carbocycles. The summed E-state index contributed by atoms with van der Waals surface area (Å²) in [7, 11) is 0. The van der Waals surface area contributed by atoms with Gasteiger partial charge < -0.3 is 5.32 Å². The first kappa shape index (κ1) is 9.60. The quantitative estimate of drug-likeness (QED) is 0.684. The van der Waals surface area contributed by atoms with E-state index in [-0.39, 0.29) is 5.82 Å². The molecule has 0 aromatic heterocycles. The van der Waals surface area contributed by atoms with Crippen LogP contribution >= 0.6 is 0 Å². The highest BCUT2D eigenvalue weighted by atomic mass is 19.1. The predicted octanol–water partition coefficient (Wildman–Crippen LogP) is 2.57. The number of benzene rings is 1. The fourth-order valence-electron chi connectivity index (χ4n) is 0.989. The maximum atomic E-state index is 12.8. The van der Waals surface area contributed by atoms with Crippen molar-refractivity contribution in [1.29, 1.82) is 0 Å². The van der Waals surface area contributed by atoms with E-state index in [0.29, 0.717) is 12.1 Å². The second-order valence-electron chi connectivity index (χ2n) is 2.74. The molecule has 0 aliphatic rings. The van der Waals surface area contributed by atoms with Gasteiger partial charge in [0.15, 0.2) is 0 Å². The number of hydrogen-bond acceptors (Lipinski definition) is 1. The minimum atomic E-state index is -0.174. The standard InChI is InChI=1S/C11H12FN/c1-3-4-7-13-10-5-6-11(12)9(2)8-10/h5-6,8,13H,7H2,1-2H3. The van der Waals surface area contributed by atoms with Crippen molar-refractivity contribution < 1.29 is 4.39 Å². The average Bonchev–Trinajstić information content (AvgIpc) is 2.12. The summed E-state index contributed by atoms with van der Waals surface area (Å²) in [6.45, 7) is 4.13. The van der Waals surface area contributed by atoms with Gasteiger partial charge >= 0.3 is 0 Å². The molecule has 0 saturated heterocycles. The molecule has 0 amide bonds. The van der Waals surface area contributed by atoms with Gasteiger partial charge in [-0.15, -0.1) is 5.92 Å². The number of halogens is 1. The van der Waals surface area contributed by atoms with Crippen molar-refractivity contribution in [3.63, 3.8) is 0 Å². The maximum Gasteiger partial charge on any atom is 0.126 e. The number of hydrogen-bond donors (Lipinski definition) is 1. The smallest absolute Gasteiger partial charge is 0.126 e. The summed E-state index contributed by atoms with van der Waals surface area (Å²) in [6.07, 6.45) is 0. The van der Waals surface area contributed by atoms with Gasteiger partial charge in [-0.3, -0.25) is 0 Å². The zero-order valence-corrected chi connectivity index (χ0v) is 7.82. The molecule has 0 spiro atoms. The predicted molar refractivity (Wildman–Crippen MR) is 53.1 cm³/mol. The molecule has 2 heteroatoms. The Balaban J connectivity index is 2.66. The first-order chi connectivity index (χ1) is 6.24. The third-order valence-electron chi connectivity index (χ3n) is 1.72. The van der Waals surface area contributed by atoms with Crippen molar-refractivity contribution in [2.24, 2.45) is 0 Å². The van der Waals surface area contributed by atoms with Crippen LogP contribution in [0.15, 0.2) is 18.2 Å². The van der Waals surface area contributed by atoms with Gasteiger partial charge in [-0.1, -0.05) is 5.92 Å². The fourth-order valence-corrected chi connectivity index (χ4v) is 0.989. The molecular weight excluding hydrogens is 165 g/mol. The van der Waals surface area contributed by atoms with Crippen LogP contribution in [0.1, 0.15) is 12.5 Å². The Labute approximate surface area is 78.0 Å². The van der Waals surface area contributed by atoms with Crippen molar-refractivity contribution >= 4 is 5.69 Å². The highest BCUT2D eigenvalue weighted by Crippen LogP contribution is 2.12. The SMILES string of the molecule is CC#CCNc1ccc(F)c(C)c1. The van der Waals surface area contributed by atoms with Crippen LogP contribution in [-0.2, 0) is 0 Å². The molecule has 1 N–H and O–H groups in total. The molecule has 0 heterocycles. The number of nitrogens with one attached hydrogen (secondary N) is 1. The van der Waals surface area contributed by atoms with E-state index in [1.165, 1.54) is 6.07 Å². The highest BCUT2D eigenvalue weighted by molar-refractivity contribution is 5.46. The first-order valence-corrected chi connectivity index (χ1v) is 4.13. The molecule has 1 rings (SSSR count). The third kappa shape index (κ3) is 2.79. The minimum absolute atomic E-state index is 0.174. The van der Waals surface area contributed by atoms with E-state index >= 15 is 0 Å². The normalized spacial score (nSPS) is 8.85. The number of anilines is 1. The van der Waals surface area contributed by atoms with Gasteiger partial charge in [0, 0.05) is 5.69 Å². The molecule has 0 bridgehead atoms. The zero-order chi connectivity index (χ0) is 9.68. The third-order valence-corrected chi connectivity index (χ3v) is 1.72. The molecular formula is C11H12FN. The topological polar surface area (TPSA) is 12.0 Å². The van der Waals surface area contributed by atoms with E-state index in [4.69, 9.17) is 0 Å². The molecule has 13 heavy (non-hydrogen) atoms. The zero-order valence-electron chi connectivity index (χ0n) is 7.82. The molecule has 0 radical (unpaired) electrons. The number of aryl methyl sites for hydroxylation is 1. The van der Waals surface area contributed by atoms with Crippen LogP contribution in [0, 0.1) is 24.6 Å². The summed E-state index contributed by atoms with van der Waals surface area (Å²) in [5, 5.41) is 3.07. The lowest BCUT2D eigenvalue weighted by Gasteiger charge is -2.03. The largest absolute Gasteiger partial charge is 0.374 e. The Bertz CT molecular complexity index is 347. The Morgan fingerprint density at radius 3 is 2.85 bits per heavy atom. The summed E-state index contributed by atoms with van der Waals surface area (Å²) in [5.74, 6) is 5.48. The molecule has 0 fully saturated rings. The lowest BCUT2D eigenvalue weighted by molar-refractivity contribution is 0.619. The van der Waals surface area contributed by atoms with Gasteiger partial charge in [0.05, 0.1) is 6.54 Å². The molecule has 0 aliphatic carbocycles. The van der Waals surface area contributed by atoms with E-state index in [0.717, 1.165) is 5.69 Å². The van der Waals surface area contributed by atoms with Crippen molar-refractivity contribution in [3.05, 3.63) is 29.6 Å². The Kier molecular flexibility index (Phi) is 3.33. The Morgan fingerprint density at radius 2 is 2.23 bits per heavy atom. The number of rotatable bonds is 2. The average molecular weight is 177 g/mol. The summed E-state index contributed by atoms with van der Waals surface area (Å²) in [6, 6.07) is 4.93. The lowest BCUT2D eigenvalue weighted by Crippen LogP contribution is -1.99. The first-order valence-electron chi connectivity index (χ1n) is 4.13. The Hall–Kier alpha value is -1.49. The van der Waals surface area contributed by atoms with Crippen LogP contribution in [0.2, 0.25) is 0 Å². The van der Waals surface area contributed by atoms with Gasteiger partial charge in [0.2, 0.25) is 0 Å². The van der Waals surface area contributed by atoms with Crippen LogP contribution in [0.3, 0.4) is 0 Å². The van der Waals surface area contributed by atoms with E-state index in [9.17, 15) is 4.39 Å². The van der Waals surface area contributed by atoms with Gasteiger partial charge in [-0.25, -0.2) is 4.39 Å². The van der Waals surface area contributed by atoms with E-state index in [1.807, 2.05) is 0 Å². The van der Waals surface area contributed by atoms with Crippen molar-refractivity contribution in [2.75, 3.05) is 11.9 Å². The van der Waals surface area contributed by atoms with Crippen molar-refractivity contribution in [3.8, 4) is 11.8 Å². The van der Waals surface area contributed by atoms with E-state index in [2.05, 4.69) is 17.2 Å². The monoisotopic (exact) mass is 177 g/mol. The summed E-state index contributed by atoms with van der Waals surface area (Å²) in [5.41, 5.74) is 1.55. The van der Waals surface area contributed by atoms with Gasteiger partial charge in [0.1, 0.15) is 5.82 Å². The van der Waals surface area contributed by atoms with Crippen molar-refractivity contribution in [2.45, 2.75) is 13.8 Å². The molecule has 68 valence electrons. The van der Waals surface area contributed by atoms with Crippen LogP contribution in [0.5, 0.6) is 0 Å². The second kappa shape index (κ2) is 4.51. The van der Waals surface area contributed by atoms with E-state index in [1.54, 1.807) is 26.0 Å². The maximum absolute atomic E-state index is 12.8. The van der Waals surface area contributed by atoms with Crippen LogP contribution in [0.4, 0.5) is 10.1 Å². The second-order valence-corrected chi connectivity index (χ2v) is 2.74. The van der Waals surface area contributed by atoms with Gasteiger partial charge in [-0.2, -0.15) is 0 Å². The van der Waals surface area contributed by atoms with Crippen LogP contribution in [0.25, 0.3) is 0 Å².